The first-order chi connectivity index (χ1) is 8.10. The second-order valence-corrected chi connectivity index (χ2v) is 6.30. The topological polar surface area (TPSA) is 17.1 Å². The van der Waals surface area contributed by atoms with E-state index in [-0.39, 0.29) is 5.41 Å². The number of Topliss-reactive ketones (excluding diaryl/α,β-unsaturated/α-hetero) is 1. The van der Waals surface area contributed by atoms with Gasteiger partial charge >= 0.3 is 0 Å². The maximum Gasteiger partial charge on any atom is 0.139 e. The maximum absolute atomic E-state index is 12.3. The van der Waals surface area contributed by atoms with Crippen molar-refractivity contribution in [2.45, 2.75) is 85.0 Å². The first kappa shape index (κ1) is 14.7. The minimum absolute atomic E-state index is 0.0810. The number of hydrogen-bond donors (Lipinski definition) is 0. The average molecular weight is 238 g/mol. The predicted molar refractivity (Wildman–Crippen MR) is 74.1 cm³/mol. The van der Waals surface area contributed by atoms with Crippen molar-refractivity contribution in [3.63, 3.8) is 0 Å². The third-order valence-electron chi connectivity index (χ3n) is 4.36. The van der Waals surface area contributed by atoms with Gasteiger partial charge in [-0.1, -0.05) is 52.9 Å². The van der Waals surface area contributed by atoms with Gasteiger partial charge in [-0.2, -0.15) is 0 Å². The summed E-state index contributed by atoms with van der Waals surface area (Å²) in [6, 6.07) is 0. The van der Waals surface area contributed by atoms with E-state index in [4.69, 9.17) is 0 Å². The monoisotopic (exact) mass is 238 g/mol. The molecule has 0 spiro atoms. The standard InChI is InChI=1S/C16H30O/c1-4-5-7-11-16(13-10-14(2)3)12-8-6-9-15(16)17/h14H,4-13H2,1-3H3. The van der Waals surface area contributed by atoms with E-state index >= 15 is 0 Å². The van der Waals surface area contributed by atoms with E-state index in [0.717, 1.165) is 31.6 Å². The van der Waals surface area contributed by atoms with Crippen molar-refractivity contribution in [3.8, 4) is 0 Å². The first-order valence-corrected chi connectivity index (χ1v) is 7.64. The molecule has 0 bridgehead atoms. The zero-order chi connectivity index (χ0) is 12.7. The summed E-state index contributed by atoms with van der Waals surface area (Å²) >= 11 is 0. The third kappa shape index (κ3) is 4.44. The molecule has 1 aliphatic rings. The molecule has 0 N–H and O–H groups in total. The van der Waals surface area contributed by atoms with Gasteiger partial charge in [-0.15, -0.1) is 0 Å². The zero-order valence-electron chi connectivity index (χ0n) is 12.1. The van der Waals surface area contributed by atoms with Gasteiger partial charge in [-0.3, -0.25) is 4.79 Å². The summed E-state index contributed by atoms with van der Waals surface area (Å²) in [6.45, 7) is 6.78. The van der Waals surface area contributed by atoms with Gasteiger partial charge in [-0.25, -0.2) is 0 Å². The highest BCUT2D eigenvalue weighted by molar-refractivity contribution is 5.85. The Balaban J connectivity index is 2.58. The number of ketones is 1. The molecule has 0 saturated heterocycles. The Kier molecular flexibility index (Phi) is 6.22. The molecule has 1 aliphatic carbocycles. The van der Waals surface area contributed by atoms with E-state index in [9.17, 15) is 4.79 Å². The molecule has 1 fully saturated rings. The van der Waals surface area contributed by atoms with Crippen LogP contribution in [0.5, 0.6) is 0 Å². The summed E-state index contributed by atoms with van der Waals surface area (Å²) in [4.78, 5) is 12.3. The summed E-state index contributed by atoms with van der Waals surface area (Å²) < 4.78 is 0. The Hall–Kier alpha value is -0.330. The maximum atomic E-state index is 12.3. The molecule has 17 heavy (non-hydrogen) atoms. The molecule has 1 heteroatoms. The molecule has 1 saturated carbocycles. The van der Waals surface area contributed by atoms with Gasteiger partial charge in [0.25, 0.3) is 0 Å². The molecule has 0 amide bonds. The molecule has 0 radical (unpaired) electrons. The van der Waals surface area contributed by atoms with E-state index in [1.54, 1.807) is 0 Å². The molecule has 1 unspecified atom stereocenters. The van der Waals surface area contributed by atoms with Crippen molar-refractivity contribution in [3.05, 3.63) is 0 Å². The fourth-order valence-electron chi connectivity index (χ4n) is 3.09. The Morgan fingerprint density at radius 2 is 1.94 bits per heavy atom. The molecule has 0 aromatic rings. The summed E-state index contributed by atoms with van der Waals surface area (Å²) in [5, 5.41) is 0. The van der Waals surface area contributed by atoms with Crippen LogP contribution in [0.1, 0.15) is 85.0 Å². The van der Waals surface area contributed by atoms with Gasteiger partial charge in [-0.05, 0) is 31.6 Å². The molecular formula is C16H30O. The van der Waals surface area contributed by atoms with E-state index in [1.807, 2.05) is 0 Å². The van der Waals surface area contributed by atoms with Crippen LogP contribution in [0, 0.1) is 11.3 Å². The third-order valence-corrected chi connectivity index (χ3v) is 4.36. The van der Waals surface area contributed by atoms with Crippen LogP contribution in [0.25, 0.3) is 0 Å². The highest BCUT2D eigenvalue weighted by Crippen LogP contribution is 2.42. The number of carbonyl (C=O) groups excluding carboxylic acids is 1. The number of rotatable bonds is 7. The Bertz CT molecular complexity index is 232. The quantitative estimate of drug-likeness (QED) is 0.562. The van der Waals surface area contributed by atoms with Gasteiger partial charge in [0.05, 0.1) is 0 Å². The molecular weight excluding hydrogens is 208 g/mol. The van der Waals surface area contributed by atoms with Crippen LogP contribution in [-0.4, -0.2) is 5.78 Å². The Labute approximate surface area is 107 Å². The minimum atomic E-state index is 0.0810. The SMILES string of the molecule is CCCCCC1(CCC(C)C)CCCCC1=O. The predicted octanol–water partition coefficient (Wildman–Crippen LogP) is 5.13. The van der Waals surface area contributed by atoms with Crippen LogP contribution < -0.4 is 0 Å². The molecule has 0 aliphatic heterocycles. The van der Waals surface area contributed by atoms with Crippen LogP contribution in [0.3, 0.4) is 0 Å². The molecule has 1 atom stereocenters. The lowest BCUT2D eigenvalue weighted by Gasteiger charge is -2.36. The van der Waals surface area contributed by atoms with Crippen LogP contribution in [0.4, 0.5) is 0 Å². The van der Waals surface area contributed by atoms with E-state index < -0.39 is 0 Å². The fraction of sp³-hybridized carbons (Fsp3) is 0.938. The van der Waals surface area contributed by atoms with E-state index in [1.165, 1.54) is 38.5 Å². The van der Waals surface area contributed by atoms with Crippen molar-refractivity contribution in [2.24, 2.45) is 11.3 Å². The Morgan fingerprint density at radius 1 is 1.18 bits per heavy atom. The molecule has 1 rings (SSSR count). The molecule has 1 nitrogen and oxygen atoms in total. The zero-order valence-corrected chi connectivity index (χ0v) is 12.1. The Morgan fingerprint density at radius 3 is 2.53 bits per heavy atom. The smallest absolute Gasteiger partial charge is 0.139 e. The van der Waals surface area contributed by atoms with Crippen LogP contribution in [0.15, 0.2) is 0 Å². The first-order valence-electron chi connectivity index (χ1n) is 7.64. The average Bonchev–Trinajstić information content (AvgIpc) is 2.30. The van der Waals surface area contributed by atoms with E-state index in [2.05, 4.69) is 20.8 Å². The summed E-state index contributed by atoms with van der Waals surface area (Å²) in [6.07, 6.45) is 11.8. The fourth-order valence-corrected chi connectivity index (χ4v) is 3.09. The van der Waals surface area contributed by atoms with Crippen LogP contribution in [0.2, 0.25) is 0 Å². The molecule has 0 heterocycles. The van der Waals surface area contributed by atoms with Gasteiger partial charge in [0.15, 0.2) is 0 Å². The number of unbranched alkanes of at least 4 members (excludes halogenated alkanes) is 2. The number of carbonyl (C=O) groups is 1. The van der Waals surface area contributed by atoms with Crippen molar-refractivity contribution in [2.75, 3.05) is 0 Å². The van der Waals surface area contributed by atoms with Crippen LogP contribution in [-0.2, 0) is 4.79 Å². The van der Waals surface area contributed by atoms with Gasteiger partial charge in [0, 0.05) is 11.8 Å². The minimum Gasteiger partial charge on any atom is -0.299 e. The highest BCUT2D eigenvalue weighted by atomic mass is 16.1. The van der Waals surface area contributed by atoms with Gasteiger partial charge in [0.1, 0.15) is 5.78 Å². The number of hydrogen-bond acceptors (Lipinski definition) is 1. The van der Waals surface area contributed by atoms with Gasteiger partial charge in [0.2, 0.25) is 0 Å². The van der Waals surface area contributed by atoms with Crippen LogP contribution >= 0.6 is 0 Å². The normalized spacial score (nSPS) is 25.5. The molecule has 100 valence electrons. The lowest BCUT2D eigenvalue weighted by molar-refractivity contribution is -0.132. The molecule has 0 aromatic carbocycles. The summed E-state index contributed by atoms with van der Waals surface area (Å²) in [7, 11) is 0. The summed E-state index contributed by atoms with van der Waals surface area (Å²) in [5.41, 5.74) is 0.0810. The van der Waals surface area contributed by atoms with Crippen molar-refractivity contribution < 1.29 is 4.79 Å². The largest absolute Gasteiger partial charge is 0.299 e. The van der Waals surface area contributed by atoms with E-state index in [0.29, 0.717) is 5.78 Å². The van der Waals surface area contributed by atoms with Gasteiger partial charge < -0.3 is 0 Å². The lowest BCUT2D eigenvalue weighted by atomic mass is 9.66. The summed E-state index contributed by atoms with van der Waals surface area (Å²) in [5.74, 6) is 1.31. The van der Waals surface area contributed by atoms with Crippen molar-refractivity contribution in [1.82, 2.24) is 0 Å². The second kappa shape index (κ2) is 7.18. The lowest BCUT2D eigenvalue weighted by Crippen LogP contribution is -2.34. The molecule has 0 aromatic heterocycles. The van der Waals surface area contributed by atoms with Crippen molar-refractivity contribution in [1.29, 1.82) is 0 Å². The van der Waals surface area contributed by atoms with Crippen molar-refractivity contribution >= 4 is 5.78 Å². The second-order valence-electron chi connectivity index (χ2n) is 6.30. The highest BCUT2D eigenvalue weighted by Gasteiger charge is 2.38.